The Bertz CT molecular complexity index is 969. The lowest BCUT2D eigenvalue weighted by Crippen LogP contribution is -2.32. The van der Waals surface area contributed by atoms with Crippen molar-refractivity contribution in [1.82, 2.24) is 4.90 Å². The number of nitrogens with zero attached hydrogens (tertiary/aromatic N) is 1. The van der Waals surface area contributed by atoms with E-state index in [-0.39, 0.29) is 25.2 Å². The standard InChI is InChI=1S/C20H17I6NO4/c1-2-27(5-7-30-19(28)12-9-11(21)10-15(24)17(12)25)6-8-31-20(29)16-13(22)3-4-14(23)18(16)26/h3-4,9-10H,2,5-8H2,1H3. The van der Waals surface area contributed by atoms with Gasteiger partial charge in [0, 0.05) is 34.5 Å². The third kappa shape index (κ3) is 8.71. The van der Waals surface area contributed by atoms with Gasteiger partial charge in [-0.3, -0.25) is 4.90 Å². The predicted octanol–water partition coefficient (Wildman–Crippen LogP) is 6.65. The van der Waals surface area contributed by atoms with E-state index < -0.39 is 0 Å². The maximum atomic E-state index is 12.5. The molecule has 0 saturated heterocycles. The second-order valence-electron chi connectivity index (χ2n) is 6.17. The zero-order valence-electron chi connectivity index (χ0n) is 16.2. The molecule has 0 atom stereocenters. The Morgan fingerprint density at radius 2 is 1.39 bits per heavy atom. The Morgan fingerprint density at radius 3 is 2.00 bits per heavy atom. The Morgan fingerprint density at radius 1 is 0.806 bits per heavy atom. The highest BCUT2D eigenvalue weighted by molar-refractivity contribution is 14.1. The van der Waals surface area contributed by atoms with Crippen molar-refractivity contribution in [3.8, 4) is 0 Å². The first kappa shape index (κ1) is 29.0. The number of hydrogen-bond acceptors (Lipinski definition) is 5. The van der Waals surface area contributed by atoms with Gasteiger partial charge in [0.2, 0.25) is 0 Å². The molecule has 0 bridgehead atoms. The second kappa shape index (κ2) is 14.3. The van der Waals surface area contributed by atoms with E-state index in [9.17, 15) is 9.59 Å². The Balaban J connectivity index is 1.84. The first-order chi connectivity index (χ1) is 14.6. The van der Waals surface area contributed by atoms with Gasteiger partial charge < -0.3 is 9.47 Å². The molecule has 0 fully saturated rings. The quantitative estimate of drug-likeness (QED) is 0.160. The van der Waals surface area contributed by atoms with Crippen molar-refractivity contribution in [3.63, 3.8) is 0 Å². The lowest BCUT2D eigenvalue weighted by molar-refractivity contribution is 0.0399. The summed E-state index contributed by atoms with van der Waals surface area (Å²) in [4.78, 5) is 27.1. The molecule has 2 aromatic carbocycles. The molecule has 0 saturated carbocycles. The molecule has 2 rings (SSSR count). The van der Waals surface area contributed by atoms with E-state index in [0.717, 1.165) is 28.0 Å². The molecular weight excluding hydrogens is 1080 g/mol. The highest BCUT2D eigenvalue weighted by atomic mass is 127. The smallest absolute Gasteiger partial charge is 0.340 e. The molecule has 0 amide bonds. The highest BCUT2D eigenvalue weighted by Crippen LogP contribution is 2.25. The fraction of sp³-hybridized carbons (Fsp3) is 0.300. The number of esters is 2. The molecular formula is C20H17I6NO4. The monoisotopic (exact) mass is 1100 g/mol. The summed E-state index contributed by atoms with van der Waals surface area (Å²) < 4.78 is 16.8. The maximum Gasteiger partial charge on any atom is 0.340 e. The molecule has 0 N–H and O–H groups in total. The molecule has 0 aliphatic carbocycles. The number of carbonyl (C=O) groups is 2. The van der Waals surface area contributed by atoms with E-state index in [4.69, 9.17) is 9.47 Å². The third-order valence-electron chi connectivity index (χ3n) is 4.19. The maximum absolute atomic E-state index is 12.5. The van der Waals surface area contributed by atoms with Crippen molar-refractivity contribution >= 4 is 147 Å². The summed E-state index contributed by atoms with van der Waals surface area (Å²) in [5.74, 6) is -0.621. The number of rotatable bonds is 9. The van der Waals surface area contributed by atoms with Crippen LogP contribution in [0.1, 0.15) is 27.6 Å². The summed E-state index contributed by atoms with van der Waals surface area (Å²) in [6, 6.07) is 7.78. The number of carbonyl (C=O) groups excluding carboxylic acids is 2. The van der Waals surface area contributed by atoms with Gasteiger partial charge >= 0.3 is 11.9 Å². The van der Waals surface area contributed by atoms with Crippen LogP contribution in [0.3, 0.4) is 0 Å². The number of benzene rings is 2. The van der Waals surface area contributed by atoms with Crippen molar-refractivity contribution in [1.29, 1.82) is 0 Å². The molecule has 0 aliphatic heterocycles. The molecule has 31 heavy (non-hydrogen) atoms. The molecule has 0 radical (unpaired) electrons. The fourth-order valence-corrected chi connectivity index (χ4v) is 7.23. The van der Waals surface area contributed by atoms with Gasteiger partial charge in [-0.25, -0.2) is 9.59 Å². The summed E-state index contributed by atoms with van der Waals surface area (Å²) in [7, 11) is 0. The third-order valence-corrected chi connectivity index (χ3v) is 11.8. The van der Waals surface area contributed by atoms with Gasteiger partial charge in [-0.2, -0.15) is 0 Å². The Labute approximate surface area is 263 Å². The molecule has 168 valence electrons. The topological polar surface area (TPSA) is 55.8 Å². The van der Waals surface area contributed by atoms with Gasteiger partial charge in [-0.05, 0) is 166 Å². The van der Waals surface area contributed by atoms with Crippen LogP contribution in [0, 0.1) is 21.4 Å². The van der Waals surface area contributed by atoms with Crippen LogP contribution in [0.5, 0.6) is 0 Å². The predicted molar refractivity (Wildman–Crippen MR) is 172 cm³/mol. The van der Waals surface area contributed by atoms with Crippen LogP contribution in [-0.2, 0) is 9.47 Å². The Kier molecular flexibility index (Phi) is 13.4. The first-order valence-electron chi connectivity index (χ1n) is 9.00. The van der Waals surface area contributed by atoms with E-state index in [1.807, 2.05) is 31.2 Å². The van der Waals surface area contributed by atoms with E-state index in [0.29, 0.717) is 24.2 Å². The average Bonchev–Trinajstić information content (AvgIpc) is 2.72. The van der Waals surface area contributed by atoms with Crippen LogP contribution in [0.25, 0.3) is 0 Å². The largest absolute Gasteiger partial charge is 0.461 e. The summed E-state index contributed by atoms with van der Waals surface area (Å²) in [6.07, 6.45) is 0. The number of halogens is 6. The van der Waals surface area contributed by atoms with E-state index in [1.165, 1.54) is 0 Å². The van der Waals surface area contributed by atoms with Crippen LogP contribution in [0.2, 0.25) is 0 Å². The van der Waals surface area contributed by atoms with Crippen LogP contribution in [0.15, 0.2) is 24.3 Å². The SMILES string of the molecule is CCN(CCOC(=O)c1cc(I)cc(I)c1I)CCOC(=O)c1c(I)ccc(I)c1I. The summed E-state index contributed by atoms with van der Waals surface area (Å²) in [6.45, 7) is 4.52. The first-order valence-corrected chi connectivity index (χ1v) is 15.5. The Hall–Kier alpha value is 1.72. The zero-order valence-corrected chi connectivity index (χ0v) is 29.1. The van der Waals surface area contributed by atoms with Gasteiger partial charge in [0.05, 0.1) is 11.1 Å². The van der Waals surface area contributed by atoms with Crippen LogP contribution >= 0.6 is 136 Å². The molecule has 5 nitrogen and oxygen atoms in total. The normalized spacial score (nSPS) is 11.0. The minimum atomic E-state index is -0.314. The molecule has 0 aromatic heterocycles. The lowest BCUT2D eigenvalue weighted by atomic mass is 10.2. The van der Waals surface area contributed by atoms with Crippen molar-refractivity contribution in [2.75, 3.05) is 32.8 Å². The average molecular weight is 1100 g/mol. The molecule has 0 heterocycles. The van der Waals surface area contributed by atoms with Crippen LogP contribution < -0.4 is 0 Å². The molecule has 11 heteroatoms. The van der Waals surface area contributed by atoms with Gasteiger partial charge in [0.1, 0.15) is 13.2 Å². The van der Waals surface area contributed by atoms with Gasteiger partial charge in [-0.1, -0.05) is 6.92 Å². The van der Waals surface area contributed by atoms with E-state index >= 15 is 0 Å². The molecule has 0 unspecified atom stereocenters. The van der Waals surface area contributed by atoms with Crippen molar-refractivity contribution in [3.05, 3.63) is 56.8 Å². The molecule has 0 spiro atoms. The lowest BCUT2D eigenvalue weighted by Gasteiger charge is -2.20. The van der Waals surface area contributed by atoms with E-state index in [1.54, 1.807) is 0 Å². The summed E-state index contributed by atoms with van der Waals surface area (Å²) >= 11 is 13.1. The highest BCUT2D eigenvalue weighted by Gasteiger charge is 2.18. The minimum Gasteiger partial charge on any atom is -0.461 e. The van der Waals surface area contributed by atoms with Crippen molar-refractivity contribution in [2.45, 2.75) is 6.92 Å². The van der Waals surface area contributed by atoms with Gasteiger partial charge in [0.15, 0.2) is 0 Å². The van der Waals surface area contributed by atoms with Crippen molar-refractivity contribution < 1.29 is 19.1 Å². The summed E-state index contributed by atoms with van der Waals surface area (Å²) in [5.41, 5.74) is 1.21. The number of ether oxygens (including phenoxy) is 2. The van der Waals surface area contributed by atoms with E-state index in [2.05, 4.69) is 140 Å². The van der Waals surface area contributed by atoms with Gasteiger partial charge in [-0.15, -0.1) is 0 Å². The van der Waals surface area contributed by atoms with Crippen LogP contribution in [0.4, 0.5) is 0 Å². The zero-order chi connectivity index (χ0) is 23.1. The minimum absolute atomic E-state index is 0.283. The number of hydrogen-bond donors (Lipinski definition) is 0. The summed E-state index contributed by atoms with van der Waals surface area (Å²) in [5, 5.41) is 0. The molecule has 2 aromatic rings. The van der Waals surface area contributed by atoms with Crippen molar-refractivity contribution in [2.24, 2.45) is 0 Å². The fourth-order valence-electron chi connectivity index (χ4n) is 2.53. The van der Waals surface area contributed by atoms with Gasteiger partial charge in [0.25, 0.3) is 0 Å². The van der Waals surface area contributed by atoms with Crippen LogP contribution in [-0.4, -0.2) is 49.7 Å². The molecule has 0 aliphatic rings. The number of likely N-dealkylation sites (N-methyl/N-ethyl adjacent to an activating group) is 1. The second-order valence-corrected chi connectivity index (χ2v) is 13.1.